The molecule has 1 aliphatic heterocycles. The van der Waals surface area contributed by atoms with E-state index in [1.54, 1.807) is 35.6 Å². The highest BCUT2D eigenvalue weighted by molar-refractivity contribution is 7.16. The van der Waals surface area contributed by atoms with Crippen LogP contribution >= 0.6 is 11.3 Å². The van der Waals surface area contributed by atoms with E-state index >= 15 is 0 Å². The first-order valence-electron chi connectivity index (χ1n) is 7.64. The molecule has 0 spiro atoms. The molecular weight excluding hydrogens is 343 g/mol. The van der Waals surface area contributed by atoms with E-state index in [-0.39, 0.29) is 18.3 Å². The fourth-order valence-electron chi connectivity index (χ4n) is 2.61. The second-order valence-corrected chi connectivity index (χ2v) is 6.45. The minimum absolute atomic E-state index is 0.159. The second kappa shape index (κ2) is 6.56. The smallest absolute Gasteiger partial charge is 0.266 e. The number of aromatic nitrogens is 3. The van der Waals surface area contributed by atoms with E-state index < -0.39 is 5.82 Å². The lowest BCUT2D eigenvalue weighted by Crippen LogP contribution is -2.31. The van der Waals surface area contributed by atoms with Crippen LogP contribution in [0.15, 0.2) is 43.0 Å². The molecule has 0 saturated carbocycles. The number of para-hydroxylation sites is 1. The Morgan fingerprint density at radius 2 is 2.16 bits per heavy atom. The van der Waals surface area contributed by atoms with Crippen LogP contribution in [0.4, 0.5) is 4.39 Å². The largest absolute Gasteiger partial charge is 0.488 e. The molecule has 1 amide bonds. The lowest BCUT2D eigenvalue weighted by atomic mass is 10.2. The van der Waals surface area contributed by atoms with Gasteiger partial charge in [0.2, 0.25) is 0 Å². The minimum atomic E-state index is -0.408. The lowest BCUT2D eigenvalue weighted by Gasteiger charge is -2.18. The van der Waals surface area contributed by atoms with E-state index in [0.29, 0.717) is 34.2 Å². The molecule has 1 aliphatic rings. The van der Waals surface area contributed by atoms with Crippen molar-refractivity contribution in [2.24, 2.45) is 0 Å². The molecule has 0 atom stereocenters. The maximum absolute atomic E-state index is 13.8. The van der Waals surface area contributed by atoms with Gasteiger partial charge in [-0.25, -0.2) is 9.37 Å². The highest BCUT2D eigenvalue weighted by Gasteiger charge is 2.24. The summed E-state index contributed by atoms with van der Waals surface area (Å²) < 4.78 is 19.3. The van der Waals surface area contributed by atoms with E-state index in [1.807, 2.05) is 0 Å². The first-order chi connectivity index (χ1) is 12.2. The number of hydrogen-bond acceptors (Lipinski definition) is 6. The third-order valence-corrected chi connectivity index (χ3v) is 4.81. The van der Waals surface area contributed by atoms with Gasteiger partial charge in [0.25, 0.3) is 5.91 Å². The van der Waals surface area contributed by atoms with E-state index in [0.717, 1.165) is 0 Å². The van der Waals surface area contributed by atoms with Gasteiger partial charge in [-0.15, -0.1) is 11.3 Å². The van der Waals surface area contributed by atoms with Crippen molar-refractivity contribution < 1.29 is 13.9 Å². The van der Waals surface area contributed by atoms with Gasteiger partial charge in [-0.2, -0.15) is 0 Å². The Kier molecular flexibility index (Phi) is 4.10. The average molecular weight is 356 g/mol. The number of thiazole rings is 1. The molecule has 0 saturated heterocycles. The number of amides is 1. The molecule has 25 heavy (non-hydrogen) atoms. The summed E-state index contributed by atoms with van der Waals surface area (Å²) in [6.45, 7) is 0.922. The predicted octanol–water partition coefficient (Wildman–Crippen LogP) is 2.77. The average Bonchev–Trinajstić information content (AvgIpc) is 3.03. The van der Waals surface area contributed by atoms with Gasteiger partial charge < -0.3 is 9.64 Å². The number of benzene rings is 1. The minimum Gasteiger partial charge on any atom is -0.488 e. The number of ether oxygens (including phenoxy) is 1. The maximum atomic E-state index is 13.8. The van der Waals surface area contributed by atoms with E-state index in [2.05, 4.69) is 15.0 Å². The molecule has 2 aromatic heterocycles. The first-order valence-corrected chi connectivity index (χ1v) is 8.45. The lowest BCUT2D eigenvalue weighted by molar-refractivity contribution is 0.0737. The summed E-state index contributed by atoms with van der Waals surface area (Å²) in [4.78, 5) is 27.4. The van der Waals surface area contributed by atoms with Gasteiger partial charge in [0.15, 0.2) is 11.6 Å². The zero-order chi connectivity index (χ0) is 17.2. The van der Waals surface area contributed by atoms with Gasteiger partial charge in [0, 0.05) is 24.5 Å². The zero-order valence-electron chi connectivity index (χ0n) is 13.1. The molecule has 0 N–H and O–H groups in total. The number of fused-ring (bicyclic) bond motifs is 1. The molecule has 8 heteroatoms. The molecule has 0 fully saturated rings. The van der Waals surface area contributed by atoms with Crippen LogP contribution in [-0.4, -0.2) is 38.9 Å². The Hall–Kier alpha value is -2.87. The monoisotopic (exact) mass is 356 g/mol. The van der Waals surface area contributed by atoms with Gasteiger partial charge in [-0.3, -0.25) is 14.8 Å². The topological polar surface area (TPSA) is 68.2 Å². The Morgan fingerprint density at radius 3 is 3.00 bits per heavy atom. The third-order valence-electron chi connectivity index (χ3n) is 3.80. The standard InChI is InChI=1S/C17H13FN4O2S/c18-12-3-1-2-11-10-22(6-7-24-15(11)12)17(23)14-9-21-16(25-14)13-8-19-4-5-20-13/h1-5,8-9H,6-7,10H2. The van der Waals surface area contributed by atoms with Crippen LogP contribution in [0.3, 0.4) is 0 Å². The van der Waals surface area contributed by atoms with E-state index in [9.17, 15) is 9.18 Å². The Balaban J connectivity index is 1.58. The van der Waals surface area contributed by atoms with Crippen molar-refractivity contribution in [3.8, 4) is 16.5 Å². The van der Waals surface area contributed by atoms with Crippen molar-refractivity contribution in [2.75, 3.05) is 13.2 Å². The van der Waals surface area contributed by atoms with Crippen molar-refractivity contribution >= 4 is 17.2 Å². The van der Waals surface area contributed by atoms with Crippen LogP contribution in [0.2, 0.25) is 0 Å². The molecule has 3 aromatic rings. The predicted molar refractivity (Wildman–Crippen MR) is 89.8 cm³/mol. The summed E-state index contributed by atoms with van der Waals surface area (Å²) in [5, 5.41) is 0.633. The van der Waals surface area contributed by atoms with Crippen LogP contribution in [0.25, 0.3) is 10.7 Å². The van der Waals surface area contributed by atoms with Crippen LogP contribution in [-0.2, 0) is 6.54 Å². The number of halogens is 1. The molecule has 1 aromatic carbocycles. The quantitative estimate of drug-likeness (QED) is 0.706. The van der Waals surface area contributed by atoms with Crippen molar-refractivity contribution in [2.45, 2.75) is 6.54 Å². The zero-order valence-corrected chi connectivity index (χ0v) is 13.9. The maximum Gasteiger partial charge on any atom is 0.266 e. The van der Waals surface area contributed by atoms with Crippen molar-refractivity contribution in [3.63, 3.8) is 0 Å². The van der Waals surface area contributed by atoms with Gasteiger partial charge in [-0.1, -0.05) is 12.1 Å². The second-order valence-electron chi connectivity index (χ2n) is 5.42. The van der Waals surface area contributed by atoms with Crippen molar-refractivity contribution in [1.29, 1.82) is 0 Å². The molecular formula is C17H13FN4O2S. The molecule has 126 valence electrons. The Labute approximate surface area is 146 Å². The molecule has 6 nitrogen and oxygen atoms in total. The summed E-state index contributed by atoms with van der Waals surface area (Å²) in [7, 11) is 0. The normalized spacial score (nSPS) is 13.7. The number of carbonyl (C=O) groups is 1. The number of nitrogens with zero attached hydrogens (tertiary/aromatic N) is 4. The fourth-order valence-corrected chi connectivity index (χ4v) is 3.46. The van der Waals surface area contributed by atoms with Crippen LogP contribution < -0.4 is 4.74 Å². The molecule has 3 heterocycles. The number of carbonyl (C=O) groups excluding carboxylic acids is 1. The van der Waals surface area contributed by atoms with Crippen molar-refractivity contribution in [3.05, 3.63) is 59.2 Å². The van der Waals surface area contributed by atoms with Crippen LogP contribution in [0.5, 0.6) is 5.75 Å². The SMILES string of the molecule is O=C(c1cnc(-c2cnccn2)s1)N1CCOc2c(F)cccc2C1. The molecule has 0 bridgehead atoms. The summed E-state index contributed by atoms with van der Waals surface area (Å²) in [5.74, 6) is -0.342. The highest BCUT2D eigenvalue weighted by atomic mass is 32.1. The summed E-state index contributed by atoms with van der Waals surface area (Å²) >= 11 is 1.26. The van der Waals surface area contributed by atoms with E-state index in [1.165, 1.54) is 23.6 Å². The fraction of sp³-hybridized carbons (Fsp3) is 0.176. The third kappa shape index (κ3) is 3.08. The number of hydrogen-bond donors (Lipinski definition) is 0. The van der Waals surface area contributed by atoms with Gasteiger partial charge >= 0.3 is 0 Å². The summed E-state index contributed by atoms with van der Waals surface area (Å²) in [6, 6.07) is 4.73. The van der Waals surface area contributed by atoms with E-state index in [4.69, 9.17) is 4.74 Å². The Morgan fingerprint density at radius 1 is 1.24 bits per heavy atom. The van der Waals surface area contributed by atoms with Gasteiger partial charge in [-0.05, 0) is 6.07 Å². The van der Waals surface area contributed by atoms with Gasteiger partial charge in [0.1, 0.15) is 22.2 Å². The molecule has 0 unspecified atom stereocenters. The molecule has 4 rings (SSSR count). The summed E-state index contributed by atoms with van der Waals surface area (Å²) in [5.41, 5.74) is 1.28. The summed E-state index contributed by atoms with van der Waals surface area (Å²) in [6.07, 6.45) is 6.30. The Bertz CT molecular complexity index is 916. The molecule has 0 radical (unpaired) electrons. The van der Waals surface area contributed by atoms with Crippen LogP contribution in [0.1, 0.15) is 15.2 Å². The number of rotatable bonds is 2. The van der Waals surface area contributed by atoms with Crippen LogP contribution in [0, 0.1) is 5.82 Å². The first kappa shape index (κ1) is 15.6. The highest BCUT2D eigenvalue weighted by Crippen LogP contribution is 2.28. The molecule has 0 aliphatic carbocycles. The van der Waals surface area contributed by atoms with Gasteiger partial charge in [0.05, 0.1) is 18.9 Å². The van der Waals surface area contributed by atoms with Crippen molar-refractivity contribution in [1.82, 2.24) is 19.9 Å².